The summed E-state index contributed by atoms with van der Waals surface area (Å²) in [7, 11) is 0. The minimum atomic E-state index is -1.10. The van der Waals surface area contributed by atoms with E-state index in [-0.39, 0.29) is 54.4 Å². The largest absolute Gasteiger partial charge is 0.483 e. The Morgan fingerprint density at radius 1 is 0.747 bits per heavy atom. The Kier molecular flexibility index (Phi) is 18.9. The summed E-state index contributed by atoms with van der Waals surface area (Å²) in [6, 6.07) is 30.8. The van der Waals surface area contributed by atoms with Gasteiger partial charge in [0.2, 0.25) is 17.7 Å². The third-order valence-electron chi connectivity index (χ3n) is 13.2. The van der Waals surface area contributed by atoms with Crippen LogP contribution in [0.2, 0.25) is 0 Å². The molecule has 2 aromatic heterocycles. The van der Waals surface area contributed by atoms with Crippen LogP contribution in [0.15, 0.2) is 109 Å². The average molecular weight is 1020 g/mol. The van der Waals surface area contributed by atoms with Gasteiger partial charge in [-0.3, -0.25) is 39.1 Å². The molecule has 2 fully saturated rings. The maximum absolute atomic E-state index is 13.9. The number of nitrogens with zero attached hydrogens (tertiary/aromatic N) is 5. The fourth-order valence-electron chi connectivity index (χ4n) is 9.24. The Morgan fingerprint density at radius 2 is 1.51 bits per heavy atom. The average Bonchev–Trinajstić information content (AvgIpc) is 3.69. The van der Waals surface area contributed by atoms with Gasteiger partial charge >= 0.3 is 6.03 Å². The molecule has 8 rings (SSSR count). The van der Waals surface area contributed by atoms with Gasteiger partial charge < -0.3 is 34.9 Å². The minimum absolute atomic E-state index is 0.00101. The van der Waals surface area contributed by atoms with Crippen molar-refractivity contribution in [1.82, 2.24) is 30.8 Å². The topological polar surface area (TPSA) is 244 Å². The van der Waals surface area contributed by atoms with E-state index in [1.54, 1.807) is 18.5 Å². The summed E-state index contributed by atoms with van der Waals surface area (Å²) in [5.74, 6) is -1.62. The maximum Gasteiger partial charge on any atom is 0.322 e. The number of ether oxygens (including phenoxy) is 4. The molecule has 1 atom stereocenters. The van der Waals surface area contributed by atoms with Crippen molar-refractivity contribution >= 4 is 47.1 Å². The Labute approximate surface area is 435 Å². The maximum atomic E-state index is 13.9. The lowest BCUT2D eigenvalue weighted by Crippen LogP contribution is -2.54. The normalized spacial score (nSPS) is 17.1. The van der Waals surface area contributed by atoms with Gasteiger partial charge in [0.05, 0.1) is 23.3 Å². The number of urea groups is 1. The quantitative estimate of drug-likeness (QED) is 0.0350. The molecule has 0 bridgehead atoms. The highest BCUT2D eigenvalue weighted by molar-refractivity contribution is 6.24. The molecule has 75 heavy (non-hydrogen) atoms. The summed E-state index contributed by atoms with van der Waals surface area (Å²) in [4.78, 5) is 88.2. The van der Waals surface area contributed by atoms with Crippen LogP contribution >= 0.6 is 0 Å². The number of hydrogen-bond acceptors (Lipinski definition) is 14. The summed E-state index contributed by atoms with van der Waals surface area (Å²) in [5, 5.41) is 20.7. The number of imide groups is 2. The standard InChI is InChI=1S/C56H61N9O10/c57-34-39-13-23-48(60-36-39)62-42-16-20-44(21-17-42)64(56(71)61-35-38-9-2-1-3-10-38)43-18-14-40(15-19-43)41-25-27-59-51(33-41)74-32-31-73-30-7-6-29-72-28-5-4-26-58-50(67)37-75-47-12-8-11-45-52(47)55(70)65(54(45)69)46-22-24-49(66)63-53(46)68/h1-3,8-15,18-19,23,25,27,33,36,42,44,46H,4-7,16-17,20-22,24,26,28-32,35,37H2,(H,58,67)(H,60,62)(H,61,71)(H,63,66,68). The molecule has 1 saturated heterocycles. The lowest BCUT2D eigenvalue weighted by molar-refractivity contribution is -0.136. The highest BCUT2D eigenvalue weighted by Gasteiger charge is 2.46. The van der Waals surface area contributed by atoms with Crippen LogP contribution in [-0.4, -0.2) is 115 Å². The molecule has 4 heterocycles. The van der Waals surface area contributed by atoms with E-state index in [9.17, 15) is 28.8 Å². The van der Waals surface area contributed by atoms with E-state index in [4.69, 9.17) is 24.2 Å². The Balaban J connectivity index is 0.687. The third kappa shape index (κ3) is 14.5. The van der Waals surface area contributed by atoms with Crippen LogP contribution in [0, 0.1) is 11.3 Å². The number of piperidine rings is 1. The molecule has 0 spiro atoms. The number of carbonyl (C=O) groups excluding carboxylic acids is 6. The first-order valence-electron chi connectivity index (χ1n) is 25.5. The van der Waals surface area contributed by atoms with Gasteiger partial charge in [-0.15, -0.1) is 0 Å². The highest BCUT2D eigenvalue weighted by atomic mass is 16.5. The van der Waals surface area contributed by atoms with E-state index in [0.717, 1.165) is 78.0 Å². The smallest absolute Gasteiger partial charge is 0.322 e. The van der Waals surface area contributed by atoms with Crippen LogP contribution in [0.5, 0.6) is 11.6 Å². The molecule has 1 saturated carbocycles. The van der Waals surface area contributed by atoms with Crippen LogP contribution in [0.3, 0.4) is 0 Å². The first-order chi connectivity index (χ1) is 36.6. The van der Waals surface area contributed by atoms with Crippen LogP contribution in [0.1, 0.15) is 96.1 Å². The molecule has 19 nitrogen and oxygen atoms in total. The lowest BCUT2D eigenvalue weighted by Gasteiger charge is -2.37. The number of aromatic nitrogens is 2. The monoisotopic (exact) mass is 1020 g/mol. The van der Waals surface area contributed by atoms with Gasteiger partial charge in [0, 0.05) is 75.6 Å². The number of unbranched alkanes of at least 4 members (excludes halogenated alkanes) is 2. The number of carbonyl (C=O) groups is 6. The van der Waals surface area contributed by atoms with Gasteiger partial charge in [-0.25, -0.2) is 14.8 Å². The van der Waals surface area contributed by atoms with Crippen LogP contribution in [0.4, 0.5) is 16.3 Å². The Morgan fingerprint density at radius 3 is 2.24 bits per heavy atom. The second-order valence-corrected chi connectivity index (χ2v) is 18.4. The predicted molar refractivity (Wildman–Crippen MR) is 277 cm³/mol. The van der Waals surface area contributed by atoms with Crippen molar-refractivity contribution in [2.24, 2.45) is 0 Å². The fraction of sp³-hybridized carbons (Fsp3) is 0.375. The molecule has 4 N–H and O–H groups in total. The molecule has 3 aliphatic rings. The number of nitriles is 1. The highest BCUT2D eigenvalue weighted by Crippen LogP contribution is 2.34. The first kappa shape index (κ1) is 53.1. The van der Waals surface area contributed by atoms with Crippen LogP contribution in [0.25, 0.3) is 11.1 Å². The zero-order valence-corrected chi connectivity index (χ0v) is 41.7. The number of benzene rings is 3. The molecular formula is C56H61N9O10. The number of rotatable bonds is 25. The van der Waals surface area contributed by atoms with E-state index in [2.05, 4.69) is 37.3 Å². The first-order valence-corrected chi connectivity index (χ1v) is 25.5. The van der Waals surface area contributed by atoms with Gasteiger partial charge in [0.25, 0.3) is 17.7 Å². The van der Waals surface area contributed by atoms with E-state index >= 15 is 0 Å². The predicted octanol–water partition coefficient (Wildman–Crippen LogP) is 6.72. The molecule has 2 aliphatic heterocycles. The molecule has 19 heteroatoms. The lowest BCUT2D eigenvalue weighted by atomic mass is 9.89. The summed E-state index contributed by atoms with van der Waals surface area (Å²) in [6.07, 6.45) is 9.74. The van der Waals surface area contributed by atoms with Crippen molar-refractivity contribution in [2.45, 2.75) is 88.9 Å². The fourth-order valence-corrected chi connectivity index (χ4v) is 9.24. The number of fused-ring (bicyclic) bond motifs is 1. The van der Waals surface area contributed by atoms with Crippen molar-refractivity contribution in [3.63, 3.8) is 0 Å². The summed E-state index contributed by atoms with van der Waals surface area (Å²) < 4.78 is 23.1. The number of anilines is 2. The molecule has 390 valence electrons. The Hall–Kier alpha value is -8.21. The van der Waals surface area contributed by atoms with Gasteiger partial charge in [-0.05, 0) is 117 Å². The van der Waals surface area contributed by atoms with E-state index in [1.165, 1.54) is 18.2 Å². The van der Waals surface area contributed by atoms with Crippen molar-refractivity contribution in [1.29, 1.82) is 5.26 Å². The van der Waals surface area contributed by atoms with E-state index in [0.29, 0.717) is 64.0 Å². The minimum Gasteiger partial charge on any atom is -0.483 e. The summed E-state index contributed by atoms with van der Waals surface area (Å²) in [5.41, 5.74) is 4.31. The number of nitrogens with one attached hydrogen (secondary N) is 4. The molecule has 1 aliphatic carbocycles. The molecule has 3 aromatic carbocycles. The van der Waals surface area contributed by atoms with Crippen molar-refractivity contribution in [2.75, 3.05) is 56.4 Å². The van der Waals surface area contributed by atoms with Crippen molar-refractivity contribution in [3.05, 3.63) is 132 Å². The molecule has 5 aromatic rings. The summed E-state index contributed by atoms with van der Waals surface area (Å²) in [6.45, 7) is 2.88. The van der Waals surface area contributed by atoms with Crippen molar-refractivity contribution < 1.29 is 47.7 Å². The summed E-state index contributed by atoms with van der Waals surface area (Å²) >= 11 is 0. The van der Waals surface area contributed by atoms with Crippen molar-refractivity contribution in [3.8, 4) is 28.8 Å². The SMILES string of the molecule is N#Cc1ccc(NC2CCC(N(C(=O)NCc3ccccc3)c3ccc(-c4ccnc(OCCOCCCCOCCCCNC(=O)COc5cccc6c5C(=O)N(C5CCC(=O)NC5=O)C6=O)c4)cc3)CC2)nc1. The number of amides is 7. The van der Waals surface area contributed by atoms with E-state index in [1.807, 2.05) is 77.7 Å². The third-order valence-corrected chi connectivity index (χ3v) is 13.2. The zero-order chi connectivity index (χ0) is 52.4. The second-order valence-electron chi connectivity index (χ2n) is 18.4. The van der Waals surface area contributed by atoms with Crippen LogP contribution < -0.4 is 35.6 Å². The molecule has 0 radical (unpaired) electrons. The zero-order valence-electron chi connectivity index (χ0n) is 41.7. The molecule has 7 amide bonds. The van der Waals surface area contributed by atoms with E-state index < -0.39 is 35.6 Å². The Bertz CT molecular complexity index is 2820. The molecule has 1 unspecified atom stereocenters. The van der Waals surface area contributed by atoms with Gasteiger partial charge in [-0.1, -0.05) is 48.5 Å². The number of pyridine rings is 2. The van der Waals surface area contributed by atoms with Gasteiger partial charge in [0.1, 0.15) is 30.3 Å². The van der Waals surface area contributed by atoms with Crippen LogP contribution in [-0.2, 0) is 30.4 Å². The number of hydrogen-bond donors (Lipinski definition) is 4. The molecular weight excluding hydrogens is 959 g/mol. The van der Waals surface area contributed by atoms with Gasteiger partial charge in [0.15, 0.2) is 6.61 Å². The second kappa shape index (κ2) is 26.7. The van der Waals surface area contributed by atoms with Gasteiger partial charge in [-0.2, -0.15) is 5.26 Å².